The van der Waals surface area contributed by atoms with Gasteiger partial charge in [-0.1, -0.05) is 0 Å². The van der Waals surface area contributed by atoms with E-state index in [9.17, 15) is 4.39 Å². The molecule has 0 saturated carbocycles. The van der Waals surface area contributed by atoms with Crippen LogP contribution in [0.4, 0.5) is 10.1 Å². The number of rotatable bonds is 7. The Balaban J connectivity index is 1.41. The molecular formula is C26H23FN10. The molecule has 6 aromatic rings. The predicted molar refractivity (Wildman–Crippen MR) is 140 cm³/mol. The third kappa shape index (κ3) is 4.47. The highest BCUT2D eigenvalue weighted by molar-refractivity contribution is 5.96. The number of halogens is 1. The first-order valence-corrected chi connectivity index (χ1v) is 11.7. The lowest BCUT2D eigenvalue weighted by molar-refractivity contribution is 0.425. The van der Waals surface area contributed by atoms with Crippen molar-refractivity contribution in [3.63, 3.8) is 0 Å². The number of nitrogens with zero attached hydrogens (tertiary/aromatic N) is 7. The molecule has 10 nitrogen and oxygen atoms in total. The number of H-pyrrole nitrogens is 2. The smallest absolute Gasteiger partial charge is 0.161 e. The van der Waals surface area contributed by atoms with Gasteiger partial charge in [0.2, 0.25) is 0 Å². The largest absolute Gasteiger partial charge is 0.384 e. The summed E-state index contributed by atoms with van der Waals surface area (Å²) < 4.78 is 14.6. The number of hydrogen-bond acceptors (Lipinski definition) is 8. The molecule has 5 heterocycles. The van der Waals surface area contributed by atoms with Gasteiger partial charge in [0.05, 0.1) is 5.39 Å². The zero-order valence-electron chi connectivity index (χ0n) is 20.2. The molecule has 0 radical (unpaired) electrons. The van der Waals surface area contributed by atoms with Crippen molar-refractivity contribution in [2.75, 3.05) is 32.5 Å². The third-order valence-corrected chi connectivity index (χ3v) is 6.02. The number of pyridine rings is 2. The summed E-state index contributed by atoms with van der Waals surface area (Å²) in [6, 6.07) is 8.72. The average Bonchev–Trinajstić information content (AvgIpc) is 3.52. The van der Waals surface area contributed by atoms with Crippen molar-refractivity contribution in [2.24, 2.45) is 0 Å². The first-order valence-electron chi connectivity index (χ1n) is 11.7. The van der Waals surface area contributed by atoms with Crippen LogP contribution in [0, 0.1) is 5.82 Å². The van der Waals surface area contributed by atoms with Crippen molar-refractivity contribution in [1.82, 2.24) is 45.0 Å². The summed E-state index contributed by atoms with van der Waals surface area (Å²) >= 11 is 0. The number of aromatic amines is 2. The van der Waals surface area contributed by atoms with Crippen LogP contribution in [0.3, 0.4) is 0 Å². The monoisotopic (exact) mass is 494 g/mol. The fraction of sp³-hybridized carbons (Fsp3) is 0.154. The molecule has 0 fully saturated rings. The summed E-state index contributed by atoms with van der Waals surface area (Å²) in [7, 11) is 3.99. The van der Waals surface area contributed by atoms with Gasteiger partial charge in [-0.05, 0) is 50.0 Å². The zero-order chi connectivity index (χ0) is 25.4. The number of likely N-dealkylation sites (N-methyl/N-ethyl adjacent to an activating group) is 1. The molecule has 0 bridgehead atoms. The van der Waals surface area contributed by atoms with Crippen LogP contribution >= 0.6 is 0 Å². The zero-order valence-corrected chi connectivity index (χ0v) is 20.2. The van der Waals surface area contributed by atoms with Gasteiger partial charge in [-0.3, -0.25) is 5.10 Å². The lowest BCUT2D eigenvalue weighted by Gasteiger charge is -2.12. The minimum Gasteiger partial charge on any atom is -0.384 e. The van der Waals surface area contributed by atoms with Crippen molar-refractivity contribution in [3.8, 4) is 33.8 Å². The summed E-state index contributed by atoms with van der Waals surface area (Å²) in [6.07, 6.45) is 8.38. The Morgan fingerprint density at radius 3 is 2.65 bits per heavy atom. The van der Waals surface area contributed by atoms with Crippen molar-refractivity contribution >= 4 is 27.9 Å². The Morgan fingerprint density at radius 1 is 0.946 bits per heavy atom. The van der Waals surface area contributed by atoms with Crippen LogP contribution in [0.5, 0.6) is 0 Å². The molecular weight excluding hydrogens is 471 g/mol. The van der Waals surface area contributed by atoms with Gasteiger partial charge in [-0.25, -0.2) is 29.3 Å². The van der Waals surface area contributed by atoms with Gasteiger partial charge < -0.3 is 15.2 Å². The Hall–Kier alpha value is -4.77. The lowest BCUT2D eigenvalue weighted by atomic mass is 10.0. The summed E-state index contributed by atoms with van der Waals surface area (Å²) in [5.74, 6) is 0.206. The predicted octanol–water partition coefficient (Wildman–Crippen LogP) is 4.13. The molecule has 0 aliphatic rings. The SMILES string of the molecule is CN(C)CCNc1cc(F)cc(-c2ccnc3[nH]c(-c4n[nH]c5ncc(-c6cncnc6)cc45)nc23)c1. The van der Waals surface area contributed by atoms with Crippen LogP contribution in [-0.2, 0) is 0 Å². The standard InChI is InChI=1S/C26H23FN10/c1-37(2)6-5-30-19-8-15(7-18(27)10-19)20-3-4-31-25-22(20)33-26(34-25)23-21-9-16(13-32-24(21)36-35-23)17-11-28-14-29-12-17/h3-4,7-14,30H,5-6H2,1-2H3,(H,31,33,34)(H,32,35,36). The van der Waals surface area contributed by atoms with Crippen LogP contribution in [0.1, 0.15) is 0 Å². The Bertz CT molecular complexity index is 1710. The van der Waals surface area contributed by atoms with Crippen molar-refractivity contribution in [3.05, 3.63) is 67.3 Å². The van der Waals surface area contributed by atoms with E-state index in [1.54, 1.807) is 24.8 Å². The van der Waals surface area contributed by atoms with Gasteiger partial charge in [0, 0.05) is 60.3 Å². The maximum absolute atomic E-state index is 14.6. The fourth-order valence-corrected chi connectivity index (χ4v) is 4.22. The third-order valence-electron chi connectivity index (χ3n) is 6.02. The highest BCUT2D eigenvalue weighted by Crippen LogP contribution is 2.33. The van der Waals surface area contributed by atoms with Gasteiger partial charge >= 0.3 is 0 Å². The van der Waals surface area contributed by atoms with Crippen LogP contribution < -0.4 is 5.32 Å². The van der Waals surface area contributed by atoms with Gasteiger partial charge in [0.15, 0.2) is 17.1 Å². The van der Waals surface area contributed by atoms with E-state index in [1.807, 2.05) is 32.3 Å². The normalized spacial score (nSPS) is 11.6. The van der Waals surface area contributed by atoms with E-state index in [-0.39, 0.29) is 5.82 Å². The van der Waals surface area contributed by atoms with E-state index < -0.39 is 0 Å². The summed E-state index contributed by atoms with van der Waals surface area (Å²) in [5.41, 5.74) is 6.33. The van der Waals surface area contributed by atoms with Gasteiger partial charge in [-0.2, -0.15) is 5.10 Å². The van der Waals surface area contributed by atoms with E-state index >= 15 is 0 Å². The highest BCUT2D eigenvalue weighted by Gasteiger charge is 2.17. The minimum atomic E-state index is -0.327. The van der Waals surface area contributed by atoms with Crippen molar-refractivity contribution in [1.29, 1.82) is 0 Å². The van der Waals surface area contributed by atoms with E-state index in [2.05, 4.69) is 45.3 Å². The second-order valence-corrected chi connectivity index (χ2v) is 8.92. The Kier molecular flexibility index (Phi) is 5.73. The van der Waals surface area contributed by atoms with Gasteiger partial charge in [0.1, 0.15) is 23.4 Å². The van der Waals surface area contributed by atoms with E-state index in [4.69, 9.17) is 4.98 Å². The number of imidazole rings is 1. The molecule has 6 rings (SSSR count). The average molecular weight is 495 g/mol. The Labute approximate surface area is 211 Å². The van der Waals surface area contributed by atoms with Crippen molar-refractivity contribution in [2.45, 2.75) is 0 Å². The highest BCUT2D eigenvalue weighted by atomic mass is 19.1. The molecule has 0 aliphatic carbocycles. The van der Waals surface area contributed by atoms with Crippen molar-refractivity contribution < 1.29 is 4.39 Å². The molecule has 37 heavy (non-hydrogen) atoms. The molecule has 0 amide bonds. The quantitative estimate of drug-likeness (QED) is 0.303. The molecule has 11 heteroatoms. The van der Waals surface area contributed by atoms with Gasteiger partial charge in [0.25, 0.3) is 0 Å². The van der Waals surface area contributed by atoms with E-state index in [1.165, 1.54) is 18.5 Å². The van der Waals surface area contributed by atoms with Gasteiger partial charge in [-0.15, -0.1) is 0 Å². The molecule has 1 aromatic carbocycles. The maximum Gasteiger partial charge on any atom is 0.161 e. The molecule has 0 unspecified atom stereocenters. The number of benzene rings is 1. The minimum absolute atomic E-state index is 0.327. The molecule has 0 aliphatic heterocycles. The maximum atomic E-state index is 14.6. The molecule has 0 saturated heterocycles. The molecule has 3 N–H and O–H groups in total. The second kappa shape index (κ2) is 9.36. The number of nitrogens with one attached hydrogen (secondary N) is 3. The number of aromatic nitrogens is 8. The fourth-order valence-electron chi connectivity index (χ4n) is 4.22. The summed E-state index contributed by atoms with van der Waals surface area (Å²) in [4.78, 5) is 27.3. The van der Waals surface area contributed by atoms with Crippen LogP contribution in [0.15, 0.2) is 61.4 Å². The van der Waals surface area contributed by atoms with Crippen LogP contribution in [0.2, 0.25) is 0 Å². The Morgan fingerprint density at radius 2 is 1.81 bits per heavy atom. The first-order chi connectivity index (χ1) is 18.0. The van der Waals surface area contributed by atoms with Crippen LogP contribution in [0.25, 0.3) is 56.0 Å². The lowest BCUT2D eigenvalue weighted by Crippen LogP contribution is -2.20. The molecule has 0 spiro atoms. The molecule has 5 aromatic heterocycles. The molecule has 0 atom stereocenters. The van der Waals surface area contributed by atoms with E-state index in [0.717, 1.165) is 28.6 Å². The molecule has 184 valence electrons. The summed E-state index contributed by atoms with van der Waals surface area (Å²) in [5, 5.41) is 11.5. The topological polar surface area (TPSA) is 124 Å². The van der Waals surface area contributed by atoms with Crippen LogP contribution in [-0.4, -0.2) is 72.2 Å². The van der Waals surface area contributed by atoms with E-state index in [0.29, 0.717) is 46.1 Å². The number of anilines is 1. The second-order valence-electron chi connectivity index (χ2n) is 8.92. The summed E-state index contributed by atoms with van der Waals surface area (Å²) in [6.45, 7) is 1.53. The first kappa shape index (κ1) is 22.7. The number of hydrogen-bond donors (Lipinski definition) is 3. The number of fused-ring (bicyclic) bond motifs is 2.